The molecule has 1 saturated carbocycles. The van der Waals surface area contributed by atoms with Crippen molar-refractivity contribution in [3.05, 3.63) is 0 Å². The summed E-state index contributed by atoms with van der Waals surface area (Å²) in [7, 11) is 0. The molecule has 0 aliphatic heterocycles. The molecule has 0 aromatic carbocycles. The Kier molecular flexibility index (Phi) is 2.60. The average molecular weight is 184 g/mol. The van der Waals surface area contributed by atoms with Crippen molar-refractivity contribution in [1.29, 1.82) is 0 Å². The van der Waals surface area contributed by atoms with Crippen molar-refractivity contribution in [3.63, 3.8) is 0 Å². The second-order valence-corrected chi connectivity index (χ2v) is 4.14. The van der Waals surface area contributed by atoms with E-state index in [4.69, 9.17) is 0 Å². The first-order valence-electron chi connectivity index (χ1n) is 4.31. The van der Waals surface area contributed by atoms with Gasteiger partial charge in [-0.15, -0.1) is 10.2 Å². The molecule has 0 bridgehead atoms. The normalized spacial score (nSPS) is 18.7. The molecule has 1 aromatic rings. The highest BCUT2D eigenvalue weighted by atomic mass is 32.2. The molecular weight excluding hydrogens is 172 g/mol. The Hall–Kier alpha value is -0.580. The fourth-order valence-electron chi connectivity index (χ4n) is 1.58. The molecule has 0 spiro atoms. The SMILES string of the molecule is C1CCC(CSc2nn[nH]n2)C1. The summed E-state index contributed by atoms with van der Waals surface area (Å²) in [6.45, 7) is 0. The molecule has 2 rings (SSSR count). The topological polar surface area (TPSA) is 54.5 Å². The second kappa shape index (κ2) is 3.89. The van der Waals surface area contributed by atoms with Crippen molar-refractivity contribution in [1.82, 2.24) is 20.6 Å². The molecule has 4 nitrogen and oxygen atoms in total. The predicted molar refractivity (Wildman–Crippen MR) is 46.9 cm³/mol. The first-order chi connectivity index (χ1) is 5.95. The summed E-state index contributed by atoms with van der Waals surface area (Å²) in [6.07, 6.45) is 5.56. The number of H-pyrrole nitrogens is 1. The van der Waals surface area contributed by atoms with E-state index in [-0.39, 0.29) is 0 Å². The zero-order chi connectivity index (χ0) is 8.23. The van der Waals surface area contributed by atoms with Gasteiger partial charge in [0.15, 0.2) is 0 Å². The van der Waals surface area contributed by atoms with E-state index >= 15 is 0 Å². The number of hydrogen-bond donors (Lipinski definition) is 1. The first kappa shape index (κ1) is 8.04. The van der Waals surface area contributed by atoms with Gasteiger partial charge >= 0.3 is 0 Å². The molecule has 1 aromatic heterocycles. The van der Waals surface area contributed by atoms with Crippen LogP contribution < -0.4 is 0 Å². The van der Waals surface area contributed by atoms with Gasteiger partial charge in [0.05, 0.1) is 0 Å². The van der Waals surface area contributed by atoms with E-state index in [2.05, 4.69) is 20.6 Å². The fourth-order valence-corrected chi connectivity index (χ4v) is 2.51. The van der Waals surface area contributed by atoms with Crippen LogP contribution in [0.4, 0.5) is 0 Å². The van der Waals surface area contributed by atoms with Crippen molar-refractivity contribution in [2.75, 3.05) is 5.75 Å². The summed E-state index contributed by atoms with van der Waals surface area (Å²) in [5.74, 6) is 2.04. The van der Waals surface area contributed by atoms with E-state index in [0.29, 0.717) is 0 Å². The van der Waals surface area contributed by atoms with Gasteiger partial charge in [-0.3, -0.25) is 0 Å². The van der Waals surface area contributed by atoms with Crippen LogP contribution in [0.2, 0.25) is 0 Å². The van der Waals surface area contributed by atoms with Crippen molar-refractivity contribution < 1.29 is 0 Å². The summed E-state index contributed by atoms with van der Waals surface area (Å²) >= 11 is 1.71. The maximum atomic E-state index is 3.89. The fraction of sp³-hybridized carbons (Fsp3) is 0.857. The Balaban J connectivity index is 1.74. The highest BCUT2D eigenvalue weighted by Gasteiger charge is 2.15. The Bertz CT molecular complexity index is 217. The Labute approximate surface area is 75.5 Å². The van der Waals surface area contributed by atoms with Crippen LogP contribution in [0.3, 0.4) is 0 Å². The Morgan fingerprint density at radius 3 is 2.92 bits per heavy atom. The Morgan fingerprint density at radius 2 is 2.25 bits per heavy atom. The van der Waals surface area contributed by atoms with Gasteiger partial charge in [0, 0.05) is 5.75 Å². The zero-order valence-electron chi connectivity index (χ0n) is 6.86. The standard InChI is InChI=1S/C7H12N4S/c1-2-4-6(3-1)5-12-7-8-10-11-9-7/h6H,1-5H2,(H,8,9,10,11). The van der Waals surface area contributed by atoms with Gasteiger partial charge in [0.1, 0.15) is 0 Å². The van der Waals surface area contributed by atoms with E-state index in [9.17, 15) is 0 Å². The number of rotatable bonds is 3. The van der Waals surface area contributed by atoms with E-state index in [1.165, 1.54) is 25.7 Å². The summed E-state index contributed by atoms with van der Waals surface area (Å²) in [6, 6.07) is 0. The maximum Gasteiger partial charge on any atom is 0.230 e. The second-order valence-electron chi connectivity index (χ2n) is 3.16. The van der Waals surface area contributed by atoms with E-state index in [1.807, 2.05) is 0 Å². The molecular formula is C7H12N4S. The third kappa shape index (κ3) is 1.97. The molecule has 66 valence electrons. The molecule has 0 unspecified atom stereocenters. The summed E-state index contributed by atoms with van der Waals surface area (Å²) in [5, 5.41) is 14.5. The zero-order valence-corrected chi connectivity index (χ0v) is 7.68. The maximum absolute atomic E-state index is 3.89. The minimum Gasteiger partial charge on any atom is -0.176 e. The number of nitrogens with one attached hydrogen (secondary N) is 1. The van der Waals surface area contributed by atoms with Crippen LogP contribution in [0.5, 0.6) is 0 Å². The molecule has 1 fully saturated rings. The lowest BCUT2D eigenvalue weighted by Crippen LogP contribution is -1.96. The largest absolute Gasteiger partial charge is 0.230 e. The minimum atomic E-state index is 0.780. The molecule has 1 aliphatic rings. The summed E-state index contributed by atoms with van der Waals surface area (Å²) in [4.78, 5) is 0. The van der Waals surface area contributed by atoms with Gasteiger partial charge in [-0.25, -0.2) is 0 Å². The number of nitrogens with zero attached hydrogens (tertiary/aromatic N) is 3. The first-order valence-corrected chi connectivity index (χ1v) is 5.30. The van der Waals surface area contributed by atoms with Gasteiger partial charge in [-0.05, 0) is 24.0 Å². The molecule has 0 saturated heterocycles. The summed E-state index contributed by atoms with van der Waals surface area (Å²) in [5.41, 5.74) is 0. The van der Waals surface area contributed by atoms with E-state index < -0.39 is 0 Å². The monoisotopic (exact) mass is 184 g/mol. The molecule has 0 amide bonds. The summed E-state index contributed by atoms with van der Waals surface area (Å²) < 4.78 is 0. The smallest absolute Gasteiger partial charge is 0.176 e. The number of hydrogen-bond acceptors (Lipinski definition) is 4. The Morgan fingerprint density at radius 1 is 1.42 bits per heavy atom. The molecule has 1 aliphatic carbocycles. The minimum absolute atomic E-state index is 0.780. The molecule has 1 heterocycles. The van der Waals surface area contributed by atoms with Gasteiger partial charge in [-0.2, -0.15) is 5.21 Å². The van der Waals surface area contributed by atoms with Crippen LogP contribution in [-0.2, 0) is 0 Å². The third-order valence-corrected chi connectivity index (χ3v) is 3.32. The van der Waals surface area contributed by atoms with E-state index in [1.54, 1.807) is 11.8 Å². The van der Waals surface area contributed by atoms with Crippen LogP contribution in [0.25, 0.3) is 0 Å². The number of aromatic nitrogens is 4. The highest BCUT2D eigenvalue weighted by Crippen LogP contribution is 2.29. The number of thioether (sulfide) groups is 1. The van der Waals surface area contributed by atoms with Crippen molar-refractivity contribution in [2.24, 2.45) is 5.92 Å². The number of aromatic amines is 1. The van der Waals surface area contributed by atoms with Crippen LogP contribution in [0.15, 0.2) is 5.16 Å². The highest BCUT2D eigenvalue weighted by molar-refractivity contribution is 7.99. The van der Waals surface area contributed by atoms with Gasteiger partial charge < -0.3 is 0 Å². The van der Waals surface area contributed by atoms with E-state index in [0.717, 1.165) is 16.8 Å². The quantitative estimate of drug-likeness (QED) is 0.723. The number of tetrazole rings is 1. The average Bonchev–Trinajstić information content (AvgIpc) is 2.74. The molecule has 0 radical (unpaired) electrons. The lowest BCUT2D eigenvalue weighted by atomic mass is 10.1. The lowest BCUT2D eigenvalue weighted by Gasteiger charge is -2.04. The lowest BCUT2D eigenvalue weighted by molar-refractivity contribution is 0.622. The van der Waals surface area contributed by atoms with Crippen molar-refractivity contribution >= 4 is 11.8 Å². The van der Waals surface area contributed by atoms with Crippen molar-refractivity contribution in [2.45, 2.75) is 30.8 Å². The molecule has 5 heteroatoms. The van der Waals surface area contributed by atoms with Gasteiger partial charge in [-0.1, -0.05) is 24.6 Å². The van der Waals surface area contributed by atoms with Crippen molar-refractivity contribution in [3.8, 4) is 0 Å². The predicted octanol–water partition coefficient (Wildman–Crippen LogP) is 1.48. The molecule has 1 N–H and O–H groups in total. The third-order valence-electron chi connectivity index (χ3n) is 2.25. The van der Waals surface area contributed by atoms with Crippen LogP contribution in [-0.4, -0.2) is 26.4 Å². The van der Waals surface area contributed by atoms with Crippen LogP contribution >= 0.6 is 11.8 Å². The van der Waals surface area contributed by atoms with Gasteiger partial charge in [0.25, 0.3) is 0 Å². The molecule has 12 heavy (non-hydrogen) atoms. The van der Waals surface area contributed by atoms with Gasteiger partial charge in [0.2, 0.25) is 5.16 Å². The molecule has 0 atom stereocenters. The van der Waals surface area contributed by atoms with Crippen LogP contribution in [0, 0.1) is 5.92 Å². The van der Waals surface area contributed by atoms with Crippen LogP contribution in [0.1, 0.15) is 25.7 Å².